The fourth-order valence-electron chi connectivity index (χ4n) is 1.70. The number of hydrogen-bond donors (Lipinski definition) is 0. The van der Waals surface area contributed by atoms with Crippen LogP contribution in [0.5, 0.6) is 5.75 Å². The number of hydrogen-bond acceptors (Lipinski definition) is 4. The topological polar surface area (TPSA) is 56.8 Å². The molecular formula is C16H12N2OS. The number of benzene rings is 1. The van der Waals surface area contributed by atoms with E-state index in [0.29, 0.717) is 6.61 Å². The van der Waals surface area contributed by atoms with Crippen molar-refractivity contribution in [2.75, 3.05) is 6.61 Å². The van der Waals surface area contributed by atoms with Crippen LogP contribution in [0.2, 0.25) is 0 Å². The van der Waals surface area contributed by atoms with Gasteiger partial charge in [-0.1, -0.05) is 0 Å². The first kappa shape index (κ1) is 13.9. The van der Waals surface area contributed by atoms with Crippen molar-refractivity contribution in [3.05, 3.63) is 46.8 Å². The highest BCUT2D eigenvalue weighted by Crippen LogP contribution is 2.30. The standard InChI is InChI=1S/C16H12N2OS/c1-2-19-14-5-3-13(4-6-14)16-8-7-15(20-16)9-12(10-17)11-18/h3-9H,2H2,1H3. The van der Waals surface area contributed by atoms with Crippen LogP contribution in [0.25, 0.3) is 16.5 Å². The summed E-state index contributed by atoms with van der Waals surface area (Å²) in [4.78, 5) is 1.99. The Kier molecular flexibility index (Phi) is 4.55. The third-order valence-electron chi connectivity index (χ3n) is 2.60. The molecule has 0 aliphatic carbocycles. The molecule has 0 saturated heterocycles. The van der Waals surface area contributed by atoms with E-state index >= 15 is 0 Å². The zero-order valence-corrected chi connectivity index (χ0v) is 11.8. The molecule has 2 aromatic rings. The molecule has 20 heavy (non-hydrogen) atoms. The van der Waals surface area contributed by atoms with Crippen LogP contribution in [0.1, 0.15) is 11.8 Å². The molecule has 0 saturated carbocycles. The first-order valence-corrected chi connectivity index (χ1v) is 6.93. The third-order valence-corrected chi connectivity index (χ3v) is 3.69. The summed E-state index contributed by atoms with van der Waals surface area (Å²) in [6.07, 6.45) is 1.60. The molecule has 2 rings (SSSR count). The maximum absolute atomic E-state index is 8.74. The van der Waals surface area contributed by atoms with Crippen molar-refractivity contribution in [2.24, 2.45) is 0 Å². The Labute approximate surface area is 122 Å². The molecule has 1 aromatic carbocycles. The molecule has 4 heteroatoms. The zero-order chi connectivity index (χ0) is 14.4. The molecule has 1 aromatic heterocycles. The van der Waals surface area contributed by atoms with Gasteiger partial charge >= 0.3 is 0 Å². The highest BCUT2D eigenvalue weighted by atomic mass is 32.1. The van der Waals surface area contributed by atoms with Crippen LogP contribution in [-0.4, -0.2) is 6.61 Å². The SMILES string of the molecule is CCOc1ccc(-c2ccc(C=C(C#N)C#N)s2)cc1. The van der Waals surface area contributed by atoms with E-state index in [0.717, 1.165) is 21.1 Å². The number of nitriles is 2. The molecule has 0 aliphatic heterocycles. The Bertz CT molecular complexity index is 683. The van der Waals surface area contributed by atoms with Crippen molar-refractivity contribution in [1.82, 2.24) is 0 Å². The fraction of sp³-hybridized carbons (Fsp3) is 0.125. The Morgan fingerprint density at radius 1 is 1.15 bits per heavy atom. The van der Waals surface area contributed by atoms with Gasteiger partial charge in [-0.05, 0) is 55.0 Å². The van der Waals surface area contributed by atoms with Gasteiger partial charge in [-0.2, -0.15) is 10.5 Å². The molecule has 1 heterocycles. The molecule has 0 N–H and O–H groups in total. The van der Waals surface area contributed by atoms with Crippen molar-refractivity contribution in [3.63, 3.8) is 0 Å². The fourth-order valence-corrected chi connectivity index (χ4v) is 2.66. The minimum absolute atomic E-state index is 0.116. The van der Waals surface area contributed by atoms with E-state index in [-0.39, 0.29) is 5.57 Å². The van der Waals surface area contributed by atoms with Crippen molar-refractivity contribution >= 4 is 17.4 Å². The van der Waals surface area contributed by atoms with E-state index in [1.807, 2.05) is 55.5 Å². The summed E-state index contributed by atoms with van der Waals surface area (Å²) in [6, 6.07) is 15.5. The number of ether oxygens (including phenoxy) is 1. The van der Waals surface area contributed by atoms with E-state index in [9.17, 15) is 0 Å². The Morgan fingerprint density at radius 2 is 1.85 bits per heavy atom. The van der Waals surface area contributed by atoms with Crippen LogP contribution in [-0.2, 0) is 0 Å². The van der Waals surface area contributed by atoms with Gasteiger partial charge in [0.15, 0.2) is 0 Å². The van der Waals surface area contributed by atoms with Crippen LogP contribution in [0.3, 0.4) is 0 Å². The van der Waals surface area contributed by atoms with Gasteiger partial charge in [0, 0.05) is 9.75 Å². The Morgan fingerprint density at radius 3 is 2.45 bits per heavy atom. The van der Waals surface area contributed by atoms with Gasteiger partial charge in [0.25, 0.3) is 0 Å². The highest BCUT2D eigenvalue weighted by molar-refractivity contribution is 7.16. The Balaban J connectivity index is 2.23. The molecule has 0 radical (unpaired) electrons. The number of thiophene rings is 1. The van der Waals surface area contributed by atoms with Gasteiger partial charge in [-0.25, -0.2) is 0 Å². The molecule has 3 nitrogen and oxygen atoms in total. The van der Waals surface area contributed by atoms with Crippen LogP contribution in [0.15, 0.2) is 42.0 Å². The monoisotopic (exact) mass is 280 g/mol. The molecule has 0 spiro atoms. The quantitative estimate of drug-likeness (QED) is 0.787. The predicted octanol–water partition coefficient (Wildman–Crippen LogP) is 4.24. The van der Waals surface area contributed by atoms with Gasteiger partial charge in [0.1, 0.15) is 23.5 Å². The van der Waals surface area contributed by atoms with E-state index in [4.69, 9.17) is 15.3 Å². The maximum Gasteiger partial charge on any atom is 0.131 e. The molecule has 0 aliphatic rings. The predicted molar refractivity (Wildman–Crippen MR) is 80.1 cm³/mol. The third kappa shape index (κ3) is 3.26. The van der Waals surface area contributed by atoms with Crippen LogP contribution in [0.4, 0.5) is 0 Å². The molecule has 0 amide bonds. The average molecular weight is 280 g/mol. The van der Waals surface area contributed by atoms with E-state index in [1.165, 1.54) is 0 Å². The summed E-state index contributed by atoms with van der Waals surface area (Å²) in [5, 5.41) is 17.5. The average Bonchev–Trinajstić information content (AvgIpc) is 2.94. The van der Waals surface area contributed by atoms with Crippen LogP contribution >= 0.6 is 11.3 Å². The minimum Gasteiger partial charge on any atom is -0.494 e. The summed E-state index contributed by atoms with van der Waals surface area (Å²) in [6.45, 7) is 2.60. The molecule has 98 valence electrons. The second-order valence-electron chi connectivity index (χ2n) is 3.94. The van der Waals surface area contributed by atoms with Gasteiger partial charge in [0.2, 0.25) is 0 Å². The first-order valence-electron chi connectivity index (χ1n) is 6.11. The van der Waals surface area contributed by atoms with Gasteiger partial charge < -0.3 is 4.74 Å². The lowest BCUT2D eigenvalue weighted by Gasteiger charge is -2.03. The lowest BCUT2D eigenvalue weighted by molar-refractivity contribution is 0.340. The van der Waals surface area contributed by atoms with Gasteiger partial charge in [-0.3, -0.25) is 0 Å². The zero-order valence-electron chi connectivity index (χ0n) is 11.0. The second-order valence-corrected chi connectivity index (χ2v) is 5.06. The summed E-state index contributed by atoms with van der Waals surface area (Å²) < 4.78 is 5.41. The van der Waals surface area contributed by atoms with Crippen molar-refractivity contribution in [1.29, 1.82) is 10.5 Å². The van der Waals surface area contributed by atoms with Crippen molar-refractivity contribution < 1.29 is 4.74 Å². The lowest BCUT2D eigenvalue weighted by Crippen LogP contribution is -1.90. The normalized spacial score (nSPS) is 9.35. The van der Waals surface area contributed by atoms with Gasteiger partial charge in [-0.15, -0.1) is 11.3 Å². The highest BCUT2D eigenvalue weighted by Gasteiger charge is 2.03. The molecule has 0 bridgehead atoms. The summed E-state index contributed by atoms with van der Waals surface area (Å²) in [5.41, 5.74) is 1.21. The molecule has 0 fully saturated rings. The van der Waals surface area contributed by atoms with E-state index < -0.39 is 0 Å². The Hall–Kier alpha value is -2.56. The summed E-state index contributed by atoms with van der Waals surface area (Å²) in [5.74, 6) is 0.851. The molecule has 0 unspecified atom stereocenters. The van der Waals surface area contributed by atoms with E-state index in [1.54, 1.807) is 17.4 Å². The maximum atomic E-state index is 8.74. The largest absolute Gasteiger partial charge is 0.494 e. The van der Waals surface area contributed by atoms with Crippen LogP contribution < -0.4 is 4.74 Å². The summed E-state index contributed by atoms with van der Waals surface area (Å²) in [7, 11) is 0. The minimum atomic E-state index is 0.116. The number of rotatable bonds is 4. The number of nitrogens with zero attached hydrogens (tertiary/aromatic N) is 2. The lowest BCUT2D eigenvalue weighted by atomic mass is 10.2. The second kappa shape index (κ2) is 6.56. The van der Waals surface area contributed by atoms with Crippen molar-refractivity contribution in [2.45, 2.75) is 6.92 Å². The smallest absolute Gasteiger partial charge is 0.131 e. The van der Waals surface area contributed by atoms with Gasteiger partial charge in [0.05, 0.1) is 6.61 Å². The summed E-state index contributed by atoms with van der Waals surface area (Å²) >= 11 is 1.54. The van der Waals surface area contributed by atoms with Crippen molar-refractivity contribution in [3.8, 4) is 28.3 Å². The number of allylic oxidation sites excluding steroid dienone is 1. The first-order chi connectivity index (χ1) is 9.76. The van der Waals surface area contributed by atoms with Crippen LogP contribution in [0, 0.1) is 22.7 Å². The molecular weight excluding hydrogens is 268 g/mol. The van der Waals surface area contributed by atoms with E-state index in [2.05, 4.69) is 0 Å². The molecule has 0 atom stereocenters.